The molecule has 1 aromatic heterocycles. The fourth-order valence-electron chi connectivity index (χ4n) is 2.74. The van der Waals surface area contributed by atoms with E-state index in [1.165, 1.54) is 49.9 Å². The number of aromatic nitrogens is 2. The van der Waals surface area contributed by atoms with E-state index >= 15 is 0 Å². The van der Waals surface area contributed by atoms with Gasteiger partial charge in [-0.1, -0.05) is 39.5 Å². The van der Waals surface area contributed by atoms with E-state index in [9.17, 15) is 0 Å². The van der Waals surface area contributed by atoms with Crippen molar-refractivity contribution in [2.75, 3.05) is 5.73 Å². The fourth-order valence-corrected chi connectivity index (χ4v) is 2.74. The highest BCUT2D eigenvalue weighted by Crippen LogP contribution is 2.34. The Bertz CT molecular complexity index is 333. The summed E-state index contributed by atoms with van der Waals surface area (Å²) < 4.78 is 0. The first kappa shape index (κ1) is 11.5. The summed E-state index contributed by atoms with van der Waals surface area (Å²) in [6.07, 6.45) is 8.05. The first-order chi connectivity index (χ1) is 7.68. The fraction of sp³-hybridized carbons (Fsp3) is 0.769. The maximum absolute atomic E-state index is 5.80. The van der Waals surface area contributed by atoms with Gasteiger partial charge in [-0.05, 0) is 18.8 Å². The van der Waals surface area contributed by atoms with Crippen LogP contribution in [0, 0.1) is 0 Å². The molecule has 0 bridgehead atoms. The number of hydrogen-bond acceptors (Lipinski definition) is 2. The van der Waals surface area contributed by atoms with Crippen molar-refractivity contribution in [1.29, 1.82) is 0 Å². The number of hydrogen-bond donors (Lipinski definition) is 2. The largest absolute Gasteiger partial charge is 0.369 e. The molecule has 0 unspecified atom stereocenters. The van der Waals surface area contributed by atoms with Crippen LogP contribution in [0.25, 0.3) is 0 Å². The lowest BCUT2D eigenvalue weighted by atomic mass is 9.92. The van der Waals surface area contributed by atoms with Gasteiger partial charge in [0.1, 0.15) is 0 Å². The number of nitrogens with two attached hydrogens (primary N) is 1. The van der Waals surface area contributed by atoms with Crippen molar-refractivity contribution in [3.05, 3.63) is 11.4 Å². The van der Waals surface area contributed by atoms with Crippen molar-refractivity contribution >= 4 is 5.95 Å². The van der Waals surface area contributed by atoms with Crippen molar-refractivity contribution in [3.8, 4) is 0 Å². The predicted molar refractivity (Wildman–Crippen MR) is 67.5 cm³/mol. The zero-order chi connectivity index (χ0) is 11.5. The summed E-state index contributed by atoms with van der Waals surface area (Å²) in [5.74, 6) is 1.71. The van der Waals surface area contributed by atoms with Crippen LogP contribution < -0.4 is 5.73 Å². The number of rotatable bonds is 2. The average molecular weight is 221 g/mol. The smallest absolute Gasteiger partial charge is 0.197 e. The topological polar surface area (TPSA) is 54.7 Å². The van der Waals surface area contributed by atoms with Crippen LogP contribution in [-0.2, 0) is 0 Å². The van der Waals surface area contributed by atoms with Gasteiger partial charge < -0.3 is 10.7 Å². The van der Waals surface area contributed by atoms with Crippen molar-refractivity contribution in [1.82, 2.24) is 9.97 Å². The van der Waals surface area contributed by atoms with E-state index in [1.54, 1.807) is 0 Å². The molecule has 0 aliphatic heterocycles. The third-order valence-corrected chi connectivity index (χ3v) is 3.59. The number of aromatic amines is 1. The molecular formula is C13H23N3. The zero-order valence-corrected chi connectivity index (χ0v) is 10.4. The van der Waals surface area contributed by atoms with Crippen LogP contribution in [0.15, 0.2) is 0 Å². The summed E-state index contributed by atoms with van der Waals surface area (Å²) >= 11 is 0. The molecule has 3 N–H and O–H groups in total. The molecule has 0 saturated heterocycles. The minimum absolute atomic E-state index is 0.465. The Morgan fingerprint density at radius 1 is 1.19 bits per heavy atom. The molecule has 2 rings (SSSR count). The lowest BCUT2D eigenvalue weighted by Gasteiger charge is -2.15. The summed E-state index contributed by atoms with van der Waals surface area (Å²) in [6, 6.07) is 0. The molecule has 1 heterocycles. The minimum Gasteiger partial charge on any atom is -0.369 e. The lowest BCUT2D eigenvalue weighted by molar-refractivity contribution is 0.570. The van der Waals surface area contributed by atoms with Crippen LogP contribution in [-0.4, -0.2) is 9.97 Å². The number of anilines is 1. The number of nitrogens with one attached hydrogen (secondary N) is 1. The first-order valence-electron chi connectivity index (χ1n) is 6.53. The van der Waals surface area contributed by atoms with Crippen LogP contribution in [0.1, 0.15) is 75.6 Å². The van der Waals surface area contributed by atoms with Crippen LogP contribution in [0.4, 0.5) is 5.95 Å². The summed E-state index contributed by atoms with van der Waals surface area (Å²) in [6.45, 7) is 4.38. The van der Waals surface area contributed by atoms with Gasteiger partial charge in [-0.3, -0.25) is 0 Å². The molecule has 3 nitrogen and oxygen atoms in total. The molecule has 0 radical (unpaired) electrons. The van der Waals surface area contributed by atoms with E-state index in [0.717, 1.165) is 0 Å². The lowest BCUT2D eigenvalue weighted by Crippen LogP contribution is -2.03. The van der Waals surface area contributed by atoms with Gasteiger partial charge >= 0.3 is 0 Å². The molecular weight excluding hydrogens is 198 g/mol. The quantitative estimate of drug-likeness (QED) is 0.750. The monoisotopic (exact) mass is 221 g/mol. The van der Waals surface area contributed by atoms with Gasteiger partial charge in [-0.25, -0.2) is 4.98 Å². The van der Waals surface area contributed by atoms with E-state index in [2.05, 4.69) is 23.8 Å². The molecule has 3 heteroatoms. The second-order valence-electron chi connectivity index (χ2n) is 5.26. The standard InChI is InChI=1S/C13H23N3/c1-9(2)11-12(16-13(14)15-11)10-7-5-3-4-6-8-10/h9-10H,3-8H2,1-2H3,(H3,14,15,16). The number of nitrogen functional groups attached to an aromatic ring is 1. The Morgan fingerprint density at radius 3 is 2.38 bits per heavy atom. The molecule has 1 aliphatic rings. The molecule has 0 atom stereocenters. The SMILES string of the molecule is CC(C)c1nc(N)[nH]c1C1CCCCCC1. The summed E-state index contributed by atoms with van der Waals surface area (Å²) in [5, 5.41) is 0. The molecule has 1 aromatic rings. The van der Waals surface area contributed by atoms with E-state index in [4.69, 9.17) is 5.73 Å². The van der Waals surface area contributed by atoms with E-state index in [-0.39, 0.29) is 0 Å². The first-order valence-corrected chi connectivity index (χ1v) is 6.53. The molecule has 0 spiro atoms. The van der Waals surface area contributed by atoms with E-state index in [1.807, 2.05) is 0 Å². The second-order valence-corrected chi connectivity index (χ2v) is 5.26. The van der Waals surface area contributed by atoms with Gasteiger partial charge in [-0.2, -0.15) is 0 Å². The molecule has 1 saturated carbocycles. The molecule has 90 valence electrons. The van der Waals surface area contributed by atoms with E-state index in [0.29, 0.717) is 17.8 Å². The minimum atomic E-state index is 0.465. The van der Waals surface area contributed by atoms with Crippen LogP contribution in [0.3, 0.4) is 0 Å². The molecule has 0 amide bonds. The van der Waals surface area contributed by atoms with Gasteiger partial charge in [-0.15, -0.1) is 0 Å². The Labute approximate surface area is 97.8 Å². The van der Waals surface area contributed by atoms with Crippen molar-refractivity contribution < 1.29 is 0 Å². The van der Waals surface area contributed by atoms with Crippen LogP contribution in [0.5, 0.6) is 0 Å². The third kappa shape index (κ3) is 2.39. The van der Waals surface area contributed by atoms with Gasteiger partial charge in [0.2, 0.25) is 0 Å². The Kier molecular flexibility index (Phi) is 3.52. The van der Waals surface area contributed by atoms with Crippen molar-refractivity contribution in [2.45, 2.75) is 64.2 Å². The highest BCUT2D eigenvalue weighted by Gasteiger charge is 2.21. The zero-order valence-electron chi connectivity index (χ0n) is 10.4. The number of imidazole rings is 1. The molecule has 1 fully saturated rings. The molecule has 16 heavy (non-hydrogen) atoms. The third-order valence-electron chi connectivity index (χ3n) is 3.59. The number of nitrogens with zero attached hydrogens (tertiary/aromatic N) is 1. The van der Waals surface area contributed by atoms with Gasteiger partial charge in [0.05, 0.1) is 5.69 Å². The van der Waals surface area contributed by atoms with Gasteiger partial charge in [0.25, 0.3) is 0 Å². The predicted octanol–water partition coefficient (Wildman–Crippen LogP) is 3.55. The normalized spacial score (nSPS) is 18.9. The highest BCUT2D eigenvalue weighted by molar-refractivity contribution is 5.30. The van der Waals surface area contributed by atoms with E-state index < -0.39 is 0 Å². The highest BCUT2D eigenvalue weighted by atomic mass is 15.0. The second kappa shape index (κ2) is 4.89. The van der Waals surface area contributed by atoms with Crippen LogP contribution >= 0.6 is 0 Å². The maximum Gasteiger partial charge on any atom is 0.197 e. The Balaban J connectivity index is 2.23. The van der Waals surface area contributed by atoms with Crippen molar-refractivity contribution in [3.63, 3.8) is 0 Å². The Hall–Kier alpha value is -0.990. The van der Waals surface area contributed by atoms with Gasteiger partial charge in [0.15, 0.2) is 5.95 Å². The van der Waals surface area contributed by atoms with Crippen molar-refractivity contribution in [2.24, 2.45) is 0 Å². The molecule has 0 aromatic carbocycles. The average Bonchev–Trinajstić information content (AvgIpc) is 2.49. The summed E-state index contributed by atoms with van der Waals surface area (Å²) in [5.41, 5.74) is 8.30. The maximum atomic E-state index is 5.80. The van der Waals surface area contributed by atoms with Crippen LogP contribution in [0.2, 0.25) is 0 Å². The number of H-pyrrole nitrogens is 1. The Morgan fingerprint density at radius 2 is 1.81 bits per heavy atom. The summed E-state index contributed by atoms with van der Waals surface area (Å²) in [4.78, 5) is 7.73. The van der Waals surface area contributed by atoms with Gasteiger partial charge in [0, 0.05) is 11.6 Å². The summed E-state index contributed by atoms with van der Waals surface area (Å²) in [7, 11) is 0. The molecule has 1 aliphatic carbocycles.